The van der Waals surface area contributed by atoms with Crippen LogP contribution in [-0.4, -0.2) is 34.5 Å². The van der Waals surface area contributed by atoms with Crippen molar-refractivity contribution in [2.75, 3.05) is 13.1 Å². The van der Waals surface area contributed by atoms with Crippen molar-refractivity contribution in [3.63, 3.8) is 0 Å². The van der Waals surface area contributed by atoms with Gasteiger partial charge in [-0.3, -0.25) is 4.99 Å². The summed E-state index contributed by atoms with van der Waals surface area (Å²) in [6.45, 7) is 8.08. The van der Waals surface area contributed by atoms with Crippen LogP contribution in [0.5, 0.6) is 0 Å². The first-order valence-electron chi connectivity index (χ1n) is 6.39. The second-order valence-electron chi connectivity index (χ2n) is 4.59. The Bertz CT molecular complexity index is 441. The highest BCUT2D eigenvalue weighted by molar-refractivity contribution is 5.93. The van der Waals surface area contributed by atoms with Gasteiger partial charge in [0.05, 0.1) is 6.54 Å². The third-order valence-corrected chi connectivity index (χ3v) is 3.41. The molecule has 0 aliphatic carbocycles. The Morgan fingerprint density at radius 1 is 1.44 bits per heavy atom. The van der Waals surface area contributed by atoms with Gasteiger partial charge < -0.3 is 10.0 Å². The zero-order valence-electron chi connectivity index (χ0n) is 10.8. The Labute approximate surface area is 108 Å². The number of amidine groups is 1. The maximum Gasteiger partial charge on any atom is 0.139 e. The molecule has 1 aromatic carbocycles. The molecule has 1 aliphatic rings. The molecule has 0 spiro atoms. The predicted molar refractivity (Wildman–Crippen MR) is 74.6 cm³/mol. The van der Waals surface area contributed by atoms with E-state index in [4.69, 9.17) is 0 Å². The molecule has 0 saturated heterocycles. The minimum atomic E-state index is -0.995. The summed E-state index contributed by atoms with van der Waals surface area (Å²) in [6.07, 6.45) is 2.19. The van der Waals surface area contributed by atoms with Crippen LogP contribution >= 0.6 is 0 Å². The second kappa shape index (κ2) is 5.36. The average Bonchev–Trinajstić information content (AvgIpc) is 2.88. The lowest BCUT2D eigenvalue weighted by atomic mass is 9.98. The predicted octanol–water partition coefficient (Wildman–Crippen LogP) is 2.23. The van der Waals surface area contributed by atoms with Crippen LogP contribution < -0.4 is 0 Å². The Kier molecular flexibility index (Phi) is 3.82. The van der Waals surface area contributed by atoms with Crippen LogP contribution in [0.1, 0.15) is 18.9 Å². The molecule has 1 atom stereocenters. The maximum atomic E-state index is 10.5. The number of aliphatic imine (C=N–C) groups is 1. The molecular weight excluding hydrogens is 224 g/mol. The van der Waals surface area contributed by atoms with Crippen LogP contribution in [0.2, 0.25) is 0 Å². The zero-order chi connectivity index (χ0) is 13.0. The van der Waals surface area contributed by atoms with E-state index in [0.717, 1.165) is 25.5 Å². The van der Waals surface area contributed by atoms with E-state index in [2.05, 4.69) is 28.6 Å². The van der Waals surface area contributed by atoms with Crippen molar-refractivity contribution in [3.05, 3.63) is 48.6 Å². The SMILES string of the molecule is C=CC(O)(CC)C1=NCCN1Cc1ccccc1. The van der Waals surface area contributed by atoms with Gasteiger partial charge in [0.15, 0.2) is 0 Å². The minimum absolute atomic E-state index is 0.598. The summed E-state index contributed by atoms with van der Waals surface area (Å²) in [5.41, 5.74) is 0.236. The molecule has 0 amide bonds. The molecule has 1 aromatic rings. The van der Waals surface area contributed by atoms with E-state index in [1.165, 1.54) is 5.56 Å². The minimum Gasteiger partial charge on any atom is -0.378 e. The number of hydrogen-bond donors (Lipinski definition) is 1. The molecule has 1 aliphatic heterocycles. The molecule has 2 rings (SSSR count). The van der Waals surface area contributed by atoms with E-state index in [1.54, 1.807) is 6.08 Å². The van der Waals surface area contributed by atoms with E-state index >= 15 is 0 Å². The fourth-order valence-electron chi connectivity index (χ4n) is 2.24. The molecule has 0 fully saturated rings. The van der Waals surface area contributed by atoms with Gasteiger partial charge in [-0.2, -0.15) is 0 Å². The van der Waals surface area contributed by atoms with Crippen molar-refractivity contribution in [2.24, 2.45) is 4.99 Å². The van der Waals surface area contributed by atoms with Gasteiger partial charge in [0, 0.05) is 13.1 Å². The summed E-state index contributed by atoms with van der Waals surface area (Å²) in [5, 5.41) is 10.5. The van der Waals surface area contributed by atoms with Crippen LogP contribution in [0.15, 0.2) is 48.0 Å². The van der Waals surface area contributed by atoms with Crippen LogP contribution in [0, 0.1) is 0 Å². The smallest absolute Gasteiger partial charge is 0.139 e. The summed E-state index contributed by atoms with van der Waals surface area (Å²) in [5.74, 6) is 0.754. The van der Waals surface area contributed by atoms with Crippen molar-refractivity contribution in [1.29, 1.82) is 0 Å². The molecule has 1 unspecified atom stereocenters. The molecule has 0 aromatic heterocycles. The number of rotatable bonds is 5. The Balaban J connectivity index is 2.15. The number of benzene rings is 1. The van der Waals surface area contributed by atoms with Crippen LogP contribution in [-0.2, 0) is 6.54 Å². The largest absolute Gasteiger partial charge is 0.378 e. The lowest BCUT2D eigenvalue weighted by Gasteiger charge is -2.30. The first-order valence-corrected chi connectivity index (χ1v) is 6.39. The first kappa shape index (κ1) is 12.8. The van der Waals surface area contributed by atoms with Crippen LogP contribution in [0.25, 0.3) is 0 Å². The summed E-state index contributed by atoms with van der Waals surface area (Å²) < 4.78 is 0. The van der Waals surface area contributed by atoms with Gasteiger partial charge in [-0.15, -0.1) is 0 Å². The first-order chi connectivity index (χ1) is 8.69. The van der Waals surface area contributed by atoms with Crippen molar-refractivity contribution in [2.45, 2.75) is 25.5 Å². The molecule has 0 radical (unpaired) electrons. The lowest BCUT2D eigenvalue weighted by Crippen LogP contribution is -2.44. The Hall–Kier alpha value is -1.61. The molecule has 96 valence electrons. The van der Waals surface area contributed by atoms with Crippen LogP contribution in [0.3, 0.4) is 0 Å². The highest BCUT2D eigenvalue weighted by Crippen LogP contribution is 2.21. The highest BCUT2D eigenvalue weighted by Gasteiger charge is 2.34. The van der Waals surface area contributed by atoms with E-state index in [-0.39, 0.29) is 0 Å². The van der Waals surface area contributed by atoms with Crippen molar-refractivity contribution in [1.82, 2.24) is 4.90 Å². The lowest BCUT2D eigenvalue weighted by molar-refractivity contribution is 0.143. The standard InChI is InChI=1S/C15H20N2O/c1-3-15(18,4-2)14-16-10-11-17(14)12-13-8-6-5-7-9-13/h3,5-9,18H,1,4,10-12H2,2H3. The second-order valence-corrected chi connectivity index (χ2v) is 4.59. The van der Waals surface area contributed by atoms with Gasteiger partial charge in [-0.25, -0.2) is 0 Å². The fourth-order valence-corrected chi connectivity index (χ4v) is 2.24. The summed E-state index contributed by atoms with van der Waals surface area (Å²) >= 11 is 0. The third-order valence-electron chi connectivity index (χ3n) is 3.41. The van der Waals surface area contributed by atoms with Crippen molar-refractivity contribution >= 4 is 5.84 Å². The van der Waals surface area contributed by atoms with Crippen molar-refractivity contribution < 1.29 is 5.11 Å². The molecule has 0 saturated carbocycles. The third kappa shape index (κ3) is 2.46. The molecule has 3 nitrogen and oxygen atoms in total. The summed E-state index contributed by atoms with van der Waals surface area (Å²) in [6, 6.07) is 10.3. The van der Waals surface area contributed by atoms with Gasteiger partial charge in [0.25, 0.3) is 0 Å². The van der Waals surface area contributed by atoms with E-state index in [0.29, 0.717) is 6.42 Å². The number of hydrogen-bond acceptors (Lipinski definition) is 3. The Morgan fingerprint density at radius 2 is 2.17 bits per heavy atom. The van der Waals surface area contributed by atoms with Gasteiger partial charge in [0.1, 0.15) is 11.4 Å². The van der Waals surface area contributed by atoms with E-state index < -0.39 is 5.60 Å². The fraction of sp³-hybridized carbons (Fsp3) is 0.400. The van der Waals surface area contributed by atoms with E-state index in [1.807, 2.05) is 25.1 Å². The van der Waals surface area contributed by atoms with Gasteiger partial charge in [-0.1, -0.05) is 49.9 Å². The summed E-state index contributed by atoms with van der Waals surface area (Å²) in [7, 11) is 0. The maximum absolute atomic E-state index is 10.5. The van der Waals surface area contributed by atoms with E-state index in [9.17, 15) is 5.11 Å². The molecule has 18 heavy (non-hydrogen) atoms. The normalized spacial score (nSPS) is 18.3. The molecule has 0 bridgehead atoms. The number of aliphatic hydroxyl groups is 1. The molecule has 1 N–H and O–H groups in total. The summed E-state index contributed by atoms with van der Waals surface area (Å²) in [4.78, 5) is 6.59. The quantitative estimate of drug-likeness (QED) is 0.806. The zero-order valence-corrected chi connectivity index (χ0v) is 10.8. The molecule has 3 heteroatoms. The van der Waals surface area contributed by atoms with Gasteiger partial charge in [0.2, 0.25) is 0 Å². The Morgan fingerprint density at radius 3 is 2.78 bits per heavy atom. The molecular formula is C15H20N2O. The van der Waals surface area contributed by atoms with Gasteiger partial charge >= 0.3 is 0 Å². The highest BCUT2D eigenvalue weighted by atomic mass is 16.3. The topological polar surface area (TPSA) is 35.8 Å². The van der Waals surface area contributed by atoms with Gasteiger partial charge in [-0.05, 0) is 12.0 Å². The monoisotopic (exact) mass is 244 g/mol. The molecule has 1 heterocycles. The average molecular weight is 244 g/mol. The van der Waals surface area contributed by atoms with Crippen molar-refractivity contribution in [3.8, 4) is 0 Å². The van der Waals surface area contributed by atoms with Crippen LogP contribution in [0.4, 0.5) is 0 Å². The number of nitrogens with zero attached hydrogens (tertiary/aromatic N) is 2.